The van der Waals surface area contributed by atoms with Gasteiger partial charge < -0.3 is 14.9 Å². The van der Waals surface area contributed by atoms with Gasteiger partial charge >= 0.3 is 0 Å². The number of carbonyl (C=O) groups excluding carboxylic acids is 2. The van der Waals surface area contributed by atoms with Crippen molar-refractivity contribution in [1.82, 2.24) is 9.80 Å². The molecule has 1 saturated heterocycles. The highest BCUT2D eigenvalue weighted by Gasteiger charge is 2.31. The minimum Gasteiger partial charge on any atom is -0.395 e. The maximum Gasteiger partial charge on any atom is 0.253 e. The number of aliphatic hydroxyl groups is 1. The first-order valence-electron chi connectivity index (χ1n) is 8.01. The van der Waals surface area contributed by atoms with Crippen molar-refractivity contribution >= 4 is 23.4 Å². The fraction of sp³-hybridized carbons (Fsp3) is 0.529. The van der Waals surface area contributed by atoms with E-state index in [1.165, 1.54) is 0 Å². The molecule has 1 fully saturated rings. The van der Waals surface area contributed by atoms with Gasteiger partial charge in [-0.15, -0.1) is 0 Å². The average molecular weight is 339 g/mol. The summed E-state index contributed by atoms with van der Waals surface area (Å²) in [5.41, 5.74) is 0.588. The van der Waals surface area contributed by atoms with Gasteiger partial charge in [0.15, 0.2) is 0 Å². The van der Waals surface area contributed by atoms with Crippen molar-refractivity contribution in [2.75, 3.05) is 32.8 Å². The molecule has 126 valence electrons. The maximum atomic E-state index is 12.6. The molecular weight excluding hydrogens is 316 g/mol. The predicted molar refractivity (Wildman–Crippen MR) is 89.4 cm³/mol. The summed E-state index contributed by atoms with van der Waals surface area (Å²) in [6.45, 7) is 3.87. The van der Waals surface area contributed by atoms with Gasteiger partial charge in [0.25, 0.3) is 5.91 Å². The maximum absolute atomic E-state index is 12.6. The second kappa shape index (κ2) is 8.31. The van der Waals surface area contributed by atoms with E-state index in [-0.39, 0.29) is 24.3 Å². The Kier molecular flexibility index (Phi) is 6.42. The summed E-state index contributed by atoms with van der Waals surface area (Å²) < 4.78 is 0. The van der Waals surface area contributed by atoms with Crippen LogP contribution in [0.2, 0.25) is 5.02 Å². The van der Waals surface area contributed by atoms with Crippen LogP contribution in [-0.4, -0.2) is 59.5 Å². The Morgan fingerprint density at radius 3 is 2.65 bits per heavy atom. The summed E-state index contributed by atoms with van der Waals surface area (Å²) in [5.74, 6) is -0.231. The van der Waals surface area contributed by atoms with Gasteiger partial charge in [0.05, 0.1) is 12.5 Å². The van der Waals surface area contributed by atoms with Crippen LogP contribution in [0.3, 0.4) is 0 Å². The highest BCUT2D eigenvalue weighted by atomic mass is 35.5. The van der Waals surface area contributed by atoms with E-state index < -0.39 is 0 Å². The number of likely N-dealkylation sites (N-methyl/N-ethyl adjacent to an activating group) is 1. The van der Waals surface area contributed by atoms with Gasteiger partial charge in [0.1, 0.15) is 0 Å². The van der Waals surface area contributed by atoms with Crippen molar-refractivity contribution in [2.45, 2.75) is 19.8 Å². The Bertz CT molecular complexity index is 547. The Balaban J connectivity index is 2.03. The zero-order chi connectivity index (χ0) is 16.8. The molecule has 0 bridgehead atoms. The number of rotatable bonds is 5. The SMILES string of the molecule is CCN(CCO)C(=O)C1CCCN(C(=O)c2ccc(Cl)cc2)C1. The molecule has 0 aromatic heterocycles. The molecule has 1 aliphatic heterocycles. The van der Waals surface area contributed by atoms with Crippen LogP contribution in [0.5, 0.6) is 0 Å². The standard InChI is InChI=1S/C17H23ClN2O3/c1-2-19(10-11-21)17(23)14-4-3-9-20(12-14)16(22)13-5-7-15(18)8-6-13/h5-8,14,21H,2-4,9-12H2,1H3. The lowest BCUT2D eigenvalue weighted by Gasteiger charge is -2.34. The summed E-state index contributed by atoms with van der Waals surface area (Å²) in [6.07, 6.45) is 1.59. The van der Waals surface area contributed by atoms with Crippen molar-refractivity contribution in [1.29, 1.82) is 0 Å². The number of likely N-dealkylation sites (tertiary alicyclic amines) is 1. The third-order valence-electron chi connectivity index (χ3n) is 4.21. The smallest absolute Gasteiger partial charge is 0.253 e. The minimum atomic E-state index is -0.188. The van der Waals surface area contributed by atoms with Crippen molar-refractivity contribution in [3.05, 3.63) is 34.9 Å². The van der Waals surface area contributed by atoms with E-state index in [9.17, 15) is 9.59 Å². The molecule has 1 unspecified atom stereocenters. The van der Waals surface area contributed by atoms with Crippen LogP contribution in [-0.2, 0) is 4.79 Å². The molecule has 2 rings (SSSR count). The third-order valence-corrected chi connectivity index (χ3v) is 4.46. The molecule has 1 atom stereocenters. The van der Waals surface area contributed by atoms with Crippen LogP contribution >= 0.6 is 11.6 Å². The van der Waals surface area contributed by atoms with Crippen LogP contribution in [0.15, 0.2) is 24.3 Å². The summed E-state index contributed by atoms with van der Waals surface area (Å²) in [4.78, 5) is 28.5. The number of benzene rings is 1. The number of hydrogen-bond acceptors (Lipinski definition) is 3. The first-order chi connectivity index (χ1) is 11.1. The highest BCUT2D eigenvalue weighted by molar-refractivity contribution is 6.30. The van der Waals surface area contributed by atoms with Crippen molar-refractivity contribution in [2.24, 2.45) is 5.92 Å². The van der Waals surface area contributed by atoms with E-state index >= 15 is 0 Å². The van der Waals surface area contributed by atoms with Crippen LogP contribution < -0.4 is 0 Å². The van der Waals surface area contributed by atoms with Crippen LogP contribution in [0.4, 0.5) is 0 Å². The van der Waals surface area contributed by atoms with Gasteiger partial charge in [-0.05, 0) is 44.0 Å². The summed E-state index contributed by atoms with van der Waals surface area (Å²) in [7, 11) is 0. The number of hydrogen-bond donors (Lipinski definition) is 1. The molecular formula is C17H23ClN2O3. The van der Waals surface area contributed by atoms with Crippen LogP contribution in [0, 0.1) is 5.92 Å². The van der Waals surface area contributed by atoms with Crippen molar-refractivity contribution in [3.63, 3.8) is 0 Å². The van der Waals surface area contributed by atoms with E-state index in [0.29, 0.717) is 36.8 Å². The van der Waals surface area contributed by atoms with Gasteiger partial charge in [-0.2, -0.15) is 0 Å². The van der Waals surface area contributed by atoms with Gasteiger partial charge in [0.2, 0.25) is 5.91 Å². The first-order valence-corrected chi connectivity index (χ1v) is 8.39. The molecule has 2 amide bonds. The Hall–Kier alpha value is -1.59. The monoisotopic (exact) mass is 338 g/mol. The molecule has 0 saturated carbocycles. The minimum absolute atomic E-state index is 0.0233. The molecule has 1 aromatic rings. The average Bonchev–Trinajstić information content (AvgIpc) is 2.59. The summed E-state index contributed by atoms with van der Waals surface area (Å²) >= 11 is 5.85. The topological polar surface area (TPSA) is 60.9 Å². The van der Waals surface area contributed by atoms with E-state index in [0.717, 1.165) is 12.8 Å². The Morgan fingerprint density at radius 1 is 1.35 bits per heavy atom. The molecule has 23 heavy (non-hydrogen) atoms. The van der Waals surface area contributed by atoms with Crippen LogP contribution in [0.1, 0.15) is 30.1 Å². The molecule has 1 heterocycles. The van der Waals surface area contributed by atoms with Crippen LogP contribution in [0.25, 0.3) is 0 Å². The molecule has 1 aromatic carbocycles. The number of amides is 2. The van der Waals surface area contributed by atoms with Gasteiger partial charge in [0, 0.05) is 36.8 Å². The van der Waals surface area contributed by atoms with Crippen molar-refractivity contribution < 1.29 is 14.7 Å². The summed E-state index contributed by atoms with van der Waals surface area (Å²) in [5, 5.41) is 9.65. The third kappa shape index (κ3) is 4.45. The fourth-order valence-corrected chi connectivity index (χ4v) is 3.07. The zero-order valence-electron chi connectivity index (χ0n) is 13.4. The number of aliphatic hydroxyl groups excluding tert-OH is 1. The lowest BCUT2D eigenvalue weighted by atomic mass is 9.95. The van der Waals surface area contributed by atoms with E-state index in [4.69, 9.17) is 16.7 Å². The zero-order valence-corrected chi connectivity index (χ0v) is 14.1. The lowest BCUT2D eigenvalue weighted by molar-refractivity contribution is -0.137. The highest BCUT2D eigenvalue weighted by Crippen LogP contribution is 2.21. The van der Waals surface area contributed by atoms with E-state index in [1.807, 2.05) is 6.92 Å². The molecule has 5 nitrogen and oxygen atoms in total. The normalized spacial score (nSPS) is 17.9. The Labute approximate surface area is 141 Å². The van der Waals surface area contributed by atoms with Gasteiger partial charge in [-0.25, -0.2) is 0 Å². The van der Waals surface area contributed by atoms with Gasteiger partial charge in [-0.3, -0.25) is 9.59 Å². The summed E-state index contributed by atoms with van der Waals surface area (Å²) in [6, 6.07) is 6.81. The molecule has 0 spiro atoms. The number of piperidine rings is 1. The molecule has 0 radical (unpaired) electrons. The van der Waals surface area contributed by atoms with Crippen molar-refractivity contribution in [3.8, 4) is 0 Å². The largest absolute Gasteiger partial charge is 0.395 e. The molecule has 0 aliphatic carbocycles. The number of halogens is 1. The first kappa shape index (κ1) is 17.8. The predicted octanol–water partition coefficient (Wildman–Crippen LogP) is 2.03. The number of carbonyl (C=O) groups is 2. The molecule has 1 N–H and O–H groups in total. The fourth-order valence-electron chi connectivity index (χ4n) is 2.94. The second-order valence-corrected chi connectivity index (χ2v) is 6.18. The quantitative estimate of drug-likeness (QED) is 0.893. The van der Waals surface area contributed by atoms with E-state index in [2.05, 4.69) is 0 Å². The Morgan fingerprint density at radius 2 is 2.04 bits per heavy atom. The molecule has 1 aliphatic rings. The second-order valence-electron chi connectivity index (χ2n) is 5.74. The van der Waals surface area contributed by atoms with E-state index in [1.54, 1.807) is 34.1 Å². The lowest BCUT2D eigenvalue weighted by Crippen LogP contribution is -2.47. The molecule has 6 heteroatoms. The van der Waals surface area contributed by atoms with Gasteiger partial charge in [-0.1, -0.05) is 11.6 Å². The number of nitrogens with zero attached hydrogens (tertiary/aromatic N) is 2.